The summed E-state index contributed by atoms with van der Waals surface area (Å²) in [6.45, 7) is 6.55. The van der Waals surface area contributed by atoms with Gasteiger partial charge in [-0.05, 0) is 54.8 Å². The van der Waals surface area contributed by atoms with Crippen molar-refractivity contribution in [1.29, 1.82) is 0 Å². The van der Waals surface area contributed by atoms with E-state index in [4.69, 9.17) is 4.42 Å². The number of nitrogens with zero attached hydrogens (tertiary/aromatic N) is 2. The molecule has 0 aliphatic carbocycles. The lowest BCUT2D eigenvalue weighted by Gasteiger charge is -2.25. The van der Waals surface area contributed by atoms with Crippen LogP contribution in [-0.2, 0) is 5.75 Å². The fourth-order valence-corrected chi connectivity index (χ4v) is 5.64. The van der Waals surface area contributed by atoms with Crippen LogP contribution in [0.25, 0.3) is 22.3 Å². The molecule has 42 heavy (non-hydrogen) atoms. The average Bonchev–Trinajstić information content (AvgIpc) is 3.45. The number of carbonyl (C=O) groups is 1. The number of anilines is 1. The second kappa shape index (κ2) is 18.9. The molecule has 1 amide bonds. The van der Waals surface area contributed by atoms with Crippen molar-refractivity contribution in [1.82, 2.24) is 9.62 Å². The van der Waals surface area contributed by atoms with Crippen molar-refractivity contribution in [3.63, 3.8) is 0 Å². The van der Waals surface area contributed by atoms with Crippen molar-refractivity contribution < 1.29 is 13.6 Å². The molecule has 1 N–H and O–H groups in total. The lowest BCUT2D eigenvalue weighted by Crippen LogP contribution is -2.23. The molecule has 224 valence electrons. The van der Waals surface area contributed by atoms with E-state index < -0.39 is 0 Å². The number of hydrogen-bond donors (Lipinski definition) is 1. The number of halogens is 1. The highest BCUT2D eigenvalue weighted by Crippen LogP contribution is 2.36. The quantitative estimate of drug-likeness (QED) is 0.167. The van der Waals surface area contributed by atoms with Crippen LogP contribution in [0.1, 0.15) is 49.0 Å². The van der Waals surface area contributed by atoms with Crippen LogP contribution in [-0.4, -0.2) is 43.7 Å². The third kappa shape index (κ3) is 9.87. The van der Waals surface area contributed by atoms with Crippen LogP contribution in [0.2, 0.25) is 0 Å². The number of hydrogen-bond acceptors (Lipinski definition) is 6. The van der Waals surface area contributed by atoms with Gasteiger partial charge in [0.1, 0.15) is 17.2 Å². The molecule has 1 saturated heterocycles. The van der Waals surface area contributed by atoms with Gasteiger partial charge in [-0.1, -0.05) is 74.5 Å². The smallest absolute Gasteiger partial charge is 0.255 e. The second-order valence-electron chi connectivity index (χ2n) is 9.00. The van der Waals surface area contributed by atoms with Gasteiger partial charge >= 0.3 is 0 Å². The Kier molecular flexibility index (Phi) is 15.7. The summed E-state index contributed by atoms with van der Waals surface area (Å²) in [6, 6.07) is 22.3. The SMILES string of the molecule is C#C.CC.CNC(=O)c1c(-c2ccc(F)cc2)oc2cc(N(C)SC)ccc12.c1ccc(CSN2CCCCC2)cc1. The van der Waals surface area contributed by atoms with Crippen LogP contribution in [0.3, 0.4) is 0 Å². The maximum absolute atomic E-state index is 13.2. The Labute approximate surface area is 259 Å². The first-order valence-corrected chi connectivity index (χ1v) is 16.2. The average molecular weight is 608 g/mol. The highest BCUT2D eigenvalue weighted by Gasteiger charge is 2.22. The summed E-state index contributed by atoms with van der Waals surface area (Å²) in [7, 11) is 3.53. The summed E-state index contributed by atoms with van der Waals surface area (Å²) in [6.07, 6.45) is 14.2. The molecule has 0 atom stereocenters. The maximum atomic E-state index is 13.2. The van der Waals surface area contributed by atoms with Crippen molar-refractivity contribution in [2.45, 2.75) is 38.9 Å². The first-order valence-electron chi connectivity index (χ1n) is 14.1. The van der Waals surface area contributed by atoms with Crippen molar-refractivity contribution in [3.05, 3.63) is 89.7 Å². The number of piperidine rings is 1. The number of amides is 1. The predicted octanol–water partition coefficient (Wildman–Crippen LogP) is 8.91. The second-order valence-corrected chi connectivity index (χ2v) is 11.0. The van der Waals surface area contributed by atoms with Crippen molar-refractivity contribution >= 4 is 46.5 Å². The fraction of sp³-hybridized carbons (Fsp3) is 0.324. The molecule has 0 unspecified atom stereocenters. The Balaban J connectivity index is 0.000000291. The van der Waals surface area contributed by atoms with E-state index in [0.29, 0.717) is 22.5 Å². The highest BCUT2D eigenvalue weighted by molar-refractivity contribution is 7.99. The topological polar surface area (TPSA) is 48.7 Å². The van der Waals surface area contributed by atoms with Crippen molar-refractivity contribution in [2.24, 2.45) is 0 Å². The number of benzene rings is 3. The van der Waals surface area contributed by atoms with Crippen LogP contribution in [0.4, 0.5) is 10.1 Å². The van der Waals surface area contributed by atoms with Crippen molar-refractivity contribution in [2.75, 3.05) is 37.7 Å². The van der Waals surface area contributed by atoms with Crippen LogP contribution < -0.4 is 9.62 Å². The van der Waals surface area contributed by atoms with E-state index in [1.807, 2.05) is 61.6 Å². The number of terminal acetylenes is 1. The van der Waals surface area contributed by atoms with E-state index in [1.54, 1.807) is 31.1 Å². The lowest BCUT2D eigenvalue weighted by atomic mass is 10.0. The Hall–Kier alpha value is -3.38. The van der Waals surface area contributed by atoms with Gasteiger partial charge in [-0.15, -0.1) is 12.8 Å². The molecule has 3 aromatic carbocycles. The maximum Gasteiger partial charge on any atom is 0.255 e. The summed E-state index contributed by atoms with van der Waals surface area (Å²) in [4.78, 5) is 12.4. The molecule has 0 radical (unpaired) electrons. The molecule has 5 rings (SSSR count). The van der Waals surface area contributed by atoms with Gasteiger partial charge in [0.05, 0.1) is 11.3 Å². The van der Waals surface area contributed by atoms with Gasteiger partial charge in [0.25, 0.3) is 5.91 Å². The van der Waals surface area contributed by atoms with E-state index in [2.05, 4.69) is 52.8 Å². The zero-order valence-electron chi connectivity index (χ0n) is 25.2. The normalized spacial score (nSPS) is 12.5. The third-order valence-corrected chi connectivity index (χ3v) is 8.39. The number of rotatable bonds is 7. The predicted molar refractivity (Wildman–Crippen MR) is 181 cm³/mol. The molecule has 0 saturated carbocycles. The van der Waals surface area contributed by atoms with E-state index in [9.17, 15) is 9.18 Å². The van der Waals surface area contributed by atoms with Crippen LogP contribution in [0.5, 0.6) is 0 Å². The molecule has 4 aromatic rings. The Bertz CT molecular complexity index is 1370. The number of nitrogens with one attached hydrogen (secondary N) is 1. The minimum absolute atomic E-state index is 0.237. The van der Waals surface area contributed by atoms with Gasteiger partial charge in [0.2, 0.25) is 0 Å². The number of fused-ring (bicyclic) bond motifs is 1. The summed E-state index contributed by atoms with van der Waals surface area (Å²) < 4.78 is 23.7. The molecular formula is C34H42FN3O2S2. The standard InChI is InChI=1S/C18H17FN2O2S.C12H17NS.C2H6.C2H2/c1-20-18(22)16-14-9-8-13(21(2)24-3)10-15(14)23-17(16)11-4-6-12(19)7-5-11;1-3-7-12(8-4-1)11-14-13-9-5-2-6-10-13;2*1-2/h4-10H,1-3H3,(H,20,22);1,3-4,7-8H,2,5-6,9-11H2;1-2H3;1-2H. The van der Waals surface area contributed by atoms with Crippen LogP contribution >= 0.6 is 23.9 Å². The van der Waals surface area contributed by atoms with Gasteiger partial charge in [-0.3, -0.25) is 9.10 Å². The zero-order valence-corrected chi connectivity index (χ0v) is 26.9. The largest absolute Gasteiger partial charge is 0.455 e. The molecule has 1 fully saturated rings. The molecule has 8 heteroatoms. The Morgan fingerprint density at radius 2 is 1.64 bits per heavy atom. The van der Waals surface area contributed by atoms with Gasteiger partial charge in [0, 0.05) is 56.2 Å². The number of furan rings is 1. The monoisotopic (exact) mass is 607 g/mol. The number of carbonyl (C=O) groups excluding carboxylic acids is 1. The molecular weight excluding hydrogens is 566 g/mol. The van der Waals surface area contributed by atoms with Crippen LogP contribution in [0.15, 0.2) is 77.2 Å². The van der Waals surface area contributed by atoms with E-state index in [0.717, 1.165) is 16.8 Å². The summed E-state index contributed by atoms with van der Waals surface area (Å²) in [5, 5.41) is 3.37. The lowest BCUT2D eigenvalue weighted by molar-refractivity contribution is 0.0964. The minimum atomic E-state index is -0.333. The molecule has 0 bridgehead atoms. The summed E-state index contributed by atoms with van der Waals surface area (Å²) in [5.41, 5.74) is 4.13. The first-order chi connectivity index (χ1) is 20.5. The van der Waals surface area contributed by atoms with Gasteiger partial charge < -0.3 is 14.0 Å². The minimum Gasteiger partial charge on any atom is -0.455 e. The zero-order chi connectivity index (χ0) is 30.9. The van der Waals surface area contributed by atoms with Crippen LogP contribution in [0, 0.1) is 18.7 Å². The highest BCUT2D eigenvalue weighted by atomic mass is 32.2. The third-order valence-electron chi connectivity index (χ3n) is 6.44. The Morgan fingerprint density at radius 3 is 2.24 bits per heavy atom. The summed E-state index contributed by atoms with van der Waals surface area (Å²) >= 11 is 3.56. The molecule has 1 aliphatic rings. The van der Waals surface area contributed by atoms with Gasteiger partial charge in [-0.2, -0.15) is 0 Å². The molecule has 2 heterocycles. The fourth-order valence-electron chi connectivity index (χ4n) is 4.28. The van der Waals surface area contributed by atoms with E-state index >= 15 is 0 Å². The molecule has 0 spiro atoms. The van der Waals surface area contributed by atoms with E-state index in [1.165, 1.54) is 50.0 Å². The van der Waals surface area contributed by atoms with Gasteiger partial charge in [0.15, 0.2) is 0 Å². The first kappa shape index (κ1) is 34.8. The van der Waals surface area contributed by atoms with Gasteiger partial charge in [-0.25, -0.2) is 4.39 Å². The van der Waals surface area contributed by atoms with E-state index in [-0.39, 0.29) is 11.7 Å². The van der Waals surface area contributed by atoms with Crippen molar-refractivity contribution in [3.8, 4) is 24.2 Å². The molecule has 5 nitrogen and oxygen atoms in total. The molecule has 1 aromatic heterocycles. The Morgan fingerprint density at radius 1 is 1.00 bits per heavy atom. The molecule has 1 aliphatic heterocycles. The summed E-state index contributed by atoms with van der Waals surface area (Å²) in [5.74, 6) is 0.994.